The summed E-state index contributed by atoms with van der Waals surface area (Å²) in [5.74, 6) is 0.131. The second-order valence-corrected chi connectivity index (χ2v) is 8.93. The standard InChI is InChI=1S/C22H29BClNO2.ClH/c1-14-11-17(19(13-25)16-7-9-18(24)10-8-16)12-15(2)20(14)23-26-21(3,4)22(5,6)27-23;/h7-12,19H,13,25H2,1-6H3;1H. The second kappa shape index (κ2) is 8.37. The molecule has 1 heterocycles. The molecule has 0 aromatic heterocycles. The maximum Gasteiger partial charge on any atom is 0.495 e. The summed E-state index contributed by atoms with van der Waals surface area (Å²) in [7, 11) is -0.351. The molecule has 3 rings (SSSR count). The van der Waals surface area contributed by atoms with Crippen molar-refractivity contribution in [2.24, 2.45) is 5.73 Å². The van der Waals surface area contributed by atoms with Crippen LogP contribution in [0.4, 0.5) is 0 Å². The van der Waals surface area contributed by atoms with Crippen LogP contribution < -0.4 is 11.2 Å². The molecule has 2 N–H and O–H groups in total. The zero-order valence-electron chi connectivity index (χ0n) is 17.5. The van der Waals surface area contributed by atoms with Gasteiger partial charge in [-0.2, -0.15) is 0 Å². The minimum absolute atomic E-state index is 0. The lowest BCUT2D eigenvalue weighted by Gasteiger charge is -2.32. The van der Waals surface area contributed by atoms with Gasteiger partial charge in [0.25, 0.3) is 0 Å². The van der Waals surface area contributed by atoms with E-state index in [1.165, 1.54) is 11.1 Å². The normalized spacial score (nSPS) is 18.6. The van der Waals surface area contributed by atoms with E-state index in [0.717, 1.165) is 21.6 Å². The van der Waals surface area contributed by atoms with Crippen LogP contribution >= 0.6 is 24.0 Å². The molecule has 0 amide bonds. The predicted octanol–water partition coefficient (Wildman–Crippen LogP) is 4.77. The molecule has 6 heteroatoms. The average molecular weight is 422 g/mol. The third kappa shape index (κ3) is 4.27. The maximum absolute atomic E-state index is 6.27. The summed E-state index contributed by atoms with van der Waals surface area (Å²) in [5, 5.41) is 0.734. The van der Waals surface area contributed by atoms with E-state index in [1.807, 2.05) is 24.3 Å². The van der Waals surface area contributed by atoms with Crippen molar-refractivity contribution in [3.05, 3.63) is 63.7 Å². The Labute approximate surface area is 180 Å². The average Bonchev–Trinajstić information content (AvgIpc) is 2.77. The van der Waals surface area contributed by atoms with Crippen molar-refractivity contribution in [1.82, 2.24) is 0 Å². The molecule has 1 aliphatic heterocycles. The molecule has 1 saturated heterocycles. The van der Waals surface area contributed by atoms with Crippen LogP contribution in [0.5, 0.6) is 0 Å². The first-order chi connectivity index (χ1) is 12.6. The van der Waals surface area contributed by atoms with Gasteiger partial charge in [-0.25, -0.2) is 0 Å². The zero-order valence-corrected chi connectivity index (χ0v) is 19.1. The first-order valence-electron chi connectivity index (χ1n) is 9.48. The molecule has 0 spiro atoms. The molecule has 2 aromatic carbocycles. The second-order valence-electron chi connectivity index (χ2n) is 8.50. The number of rotatable bonds is 4. The minimum atomic E-state index is -0.351. The van der Waals surface area contributed by atoms with Gasteiger partial charge in [-0.1, -0.05) is 47.0 Å². The summed E-state index contributed by atoms with van der Waals surface area (Å²) >= 11 is 6.04. The Morgan fingerprint density at radius 3 is 1.82 bits per heavy atom. The minimum Gasteiger partial charge on any atom is -0.399 e. The van der Waals surface area contributed by atoms with Crippen molar-refractivity contribution in [2.75, 3.05) is 6.54 Å². The van der Waals surface area contributed by atoms with Crippen molar-refractivity contribution in [3.63, 3.8) is 0 Å². The van der Waals surface area contributed by atoms with E-state index < -0.39 is 0 Å². The summed E-state index contributed by atoms with van der Waals surface area (Å²) in [4.78, 5) is 0. The molecule has 1 atom stereocenters. The monoisotopic (exact) mass is 421 g/mol. The highest BCUT2D eigenvalue weighted by Crippen LogP contribution is 2.37. The van der Waals surface area contributed by atoms with E-state index in [4.69, 9.17) is 26.6 Å². The van der Waals surface area contributed by atoms with Crippen molar-refractivity contribution >= 4 is 36.6 Å². The SMILES string of the molecule is Cc1cc(C(CN)c2ccc(Cl)cc2)cc(C)c1B1OC(C)(C)C(C)(C)O1.Cl. The molecular weight excluding hydrogens is 392 g/mol. The maximum atomic E-state index is 6.27. The van der Waals surface area contributed by atoms with Crippen molar-refractivity contribution in [1.29, 1.82) is 0 Å². The Balaban J connectivity index is 0.00000280. The highest BCUT2D eigenvalue weighted by molar-refractivity contribution is 6.63. The molecule has 1 fully saturated rings. The number of nitrogens with two attached hydrogens (primary N) is 1. The Bertz CT molecular complexity index is 798. The van der Waals surface area contributed by atoms with Gasteiger partial charge in [0.05, 0.1) is 11.2 Å². The third-order valence-corrected chi connectivity index (χ3v) is 6.27. The van der Waals surface area contributed by atoms with Crippen LogP contribution in [0, 0.1) is 13.8 Å². The molecule has 0 saturated carbocycles. The Morgan fingerprint density at radius 2 is 1.39 bits per heavy atom. The first-order valence-corrected chi connectivity index (χ1v) is 9.86. The Morgan fingerprint density at radius 1 is 0.929 bits per heavy atom. The largest absolute Gasteiger partial charge is 0.495 e. The molecular formula is C22H30BCl2NO2. The number of benzene rings is 2. The number of hydrogen-bond acceptors (Lipinski definition) is 3. The highest BCUT2D eigenvalue weighted by Gasteiger charge is 2.52. The van der Waals surface area contributed by atoms with Crippen molar-refractivity contribution < 1.29 is 9.31 Å². The zero-order chi connectivity index (χ0) is 20.0. The molecule has 28 heavy (non-hydrogen) atoms. The number of aryl methyl sites for hydroxylation is 2. The fraction of sp³-hybridized carbons (Fsp3) is 0.455. The number of hydrogen-bond donors (Lipinski definition) is 1. The van der Waals surface area contributed by atoms with Gasteiger partial charge in [-0.05, 0) is 70.3 Å². The molecule has 0 bridgehead atoms. The van der Waals surface area contributed by atoms with E-state index in [0.29, 0.717) is 6.54 Å². The lowest BCUT2D eigenvalue weighted by Crippen LogP contribution is -2.41. The van der Waals surface area contributed by atoms with Crippen LogP contribution in [-0.2, 0) is 9.31 Å². The quantitative estimate of drug-likeness (QED) is 0.723. The van der Waals surface area contributed by atoms with Gasteiger partial charge >= 0.3 is 7.12 Å². The summed E-state index contributed by atoms with van der Waals surface area (Å²) in [6.45, 7) is 13.1. The highest BCUT2D eigenvalue weighted by atomic mass is 35.5. The van der Waals surface area contributed by atoms with Gasteiger partial charge < -0.3 is 15.0 Å². The van der Waals surface area contributed by atoms with Crippen LogP contribution in [-0.4, -0.2) is 24.9 Å². The summed E-state index contributed by atoms with van der Waals surface area (Å²) in [6.07, 6.45) is 0. The lowest BCUT2D eigenvalue weighted by atomic mass is 9.72. The van der Waals surface area contributed by atoms with E-state index in [9.17, 15) is 0 Å². The predicted molar refractivity (Wildman–Crippen MR) is 121 cm³/mol. The molecule has 0 radical (unpaired) electrons. The van der Waals surface area contributed by atoms with Crippen LogP contribution in [0.15, 0.2) is 36.4 Å². The fourth-order valence-electron chi connectivity index (χ4n) is 3.70. The van der Waals surface area contributed by atoms with E-state index in [1.54, 1.807) is 0 Å². The molecule has 1 aliphatic rings. The summed E-state index contributed by atoms with van der Waals surface area (Å²) < 4.78 is 12.5. The van der Waals surface area contributed by atoms with Crippen LogP contribution in [0.25, 0.3) is 0 Å². The van der Waals surface area contributed by atoms with Gasteiger partial charge in [-0.15, -0.1) is 12.4 Å². The van der Waals surface area contributed by atoms with Gasteiger partial charge in [0.15, 0.2) is 0 Å². The fourth-order valence-corrected chi connectivity index (χ4v) is 3.83. The third-order valence-electron chi connectivity index (χ3n) is 6.02. The van der Waals surface area contributed by atoms with Gasteiger partial charge in [0.2, 0.25) is 0 Å². The Kier molecular flexibility index (Phi) is 6.95. The van der Waals surface area contributed by atoms with Gasteiger partial charge in [0, 0.05) is 17.5 Å². The summed E-state index contributed by atoms with van der Waals surface area (Å²) in [5.41, 5.74) is 11.2. The van der Waals surface area contributed by atoms with Crippen LogP contribution in [0.3, 0.4) is 0 Å². The van der Waals surface area contributed by atoms with Crippen molar-refractivity contribution in [2.45, 2.75) is 58.7 Å². The number of halogens is 2. The van der Waals surface area contributed by atoms with E-state index in [-0.39, 0.29) is 36.6 Å². The molecule has 1 unspecified atom stereocenters. The first kappa shape index (κ1) is 23.2. The van der Waals surface area contributed by atoms with Gasteiger partial charge in [-0.3, -0.25) is 0 Å². The van der Waals surface area contributed by atoms with Gasteiger partial charge in [0.1, 0.15) is 0 Å². The molecule has 0 aliphatic carbocycles. The molecule has 2 aromatic rings. The Hall–Kier alpha value is -1.04. The topological polar surface area (TPSA) is 44.5 Å². The van der Waals surface area contributed by atoms with E-state index in [2.05, 4.69) is 53.7 Å². The van der Waals surface area contributed by atoms with Crippen molar-refractivity contribution in [3.8, 4) is 0 Å². The van der Waals surface area contributed by atoms with E-state index >= 15 is 0 Å². The van der Waals surface area contributed by atoms with Crippen LogP contribution in [0.1, 0.15) is 55.9 Å². The molecule has 152 valence electrons. The smallest absolute Gasteiger partial charge is 0.399 e. The molecule has 3 nitrogen and oxygen atoms in total. The lowest BCUT2D eigenvalue weighted by molar-refractivity contribution is 0.00578. The summed E-state index contributed by atoms with van der Waals surface area (Å²) in [6, 6.07) is 12.3. The van der Waals surface area contributed by atoms with Crippen LogP contribution in [0.2, 0.25) is 5.02 Å².